The van der Waals surface area contributed by atoms with Gasteiger partial charge in [-0.1, -0.05) is 217 Å². The van der Waals surface area contributed by atoms with Crippen LogP contribution in [-0.4, -0.2) is 67.8 Å². The molecule has 0 unspecified atom stereocenters. The molecule has 2 N–H and O–H groups in total. The molecule has 23 heteroatoms. The number of benzene rings is 5. The number of rotatable bonds is 15. The Morgan fingerprint density at radius 2 is 0.800 bits per heavy atom. The summed E-state index contributed by atoms with van der Waals surface area (Å²) in [4.78, 5) is 69.0. The van der Waals surface area contributed by atoms with Gasteiger partial charge in [-0.3, -0.25) is 24.5 Å². The third-order valence-electron chi connectivity index (χ3n) is 20.2. The van der Waals surface area contributed by atoms with Crippen molar-refractivity contribution in [1.29, 1.82) is 0 Å². The van der Waals surface area contributed by atoms with E-state index in [2.05, 4.69) is 182 Å². The van der Waals surface area contributed by atoms with Crippen LogP contribution in [-0.2, 0) is 91.8 Å². The van der Waals surface area contributed by atoms with Gasteiger partial charge in [-0.25, -0.2) is 21.3 Å². The number of aryl methyl sites for hydroxylation is 4. The average molecular weight is 2440 g/mol. The van der Waals surface area contributed by atoms with Crippen LogP contribution in [0.25, 0.3) is 121 Å². The van der Waals surface area contributed by atoms with E-state index in [1.165, 1.54) is 86.7 Å². The Morgan fingerprint density at radius 3 is 1.14 bits per heavy atom. The van der Waals surface area contributed by atoms with Gasteiger partial charge in [0.15, 0.2) is 11.6 Å². The summed E-state index contributed by atoms with van der Waals surface area (Å²) in [6.07, 6.45) is 14.9. The zero-order chi connectivity index (χ0) is 89.3. The summed E-state index contributed by atoms with van der Waals surface area (Å²) in [5.41, 5.74) is 28.3. The van der Waals surface area contributed by atoms with Crippen molar-refractivity contribution in [3.05, 3.63) is 383 Å². The van der Waals surface area contributed by atoms with Crippen LogP contribution >= 0.6 is 22.7 Å². The number of aliphatic hydroxyl groups excluding tert-OH is 2. The summed E-state index contributed by atoms with van der Waals surface area (Å²) in [5.74, 6) is -2.79. The van der Waals surface area contributed by atoms with Crippen molar-refractivity contribution in [2.24, 2.45) is 0 Å². The van der Waals surface area contributed by atoms with Gasteiger partial charge in [0.25, 0.3) is 0 Å². The Hall–Kier alpha value is -10.4. The molecule has 14 nitrogen and oxygen atoms in total. The van der Waals surface area contributed by atoms with E-state index in [1.807, 2.05) is 170 Å². The van der Waals surface area contributed by atoms with E-state index >= 15 is 0 Å². The molecule has 0 spiro atoms. The number of hydrogen-bond donors (Lipinski definition) is 2. The van der Waals surface area contributed by atoms with Crippen molar-refractivity contribution >= 4 is 110 Å². The molecular formula is C107H98EuF3Ir2N10O4PtS2-3. The SMILES string of the molecule is CC(=O)C=C(C)O.CCC1=C(CC)c2cc3[n-]c(cc4nc(cc5[n-]c(cc1n2)c(CC)c5CC)C(CC)=C4CC)c(CC)c3CC.O=C(C=C(O)C(F)(F)F)c1cccs1.[Eu].[Ir].[Ir].[Pt+2].[c-]1c(-c2ccccn2)sc2ccccc12.[c-]1ccccc1-c1ccccn1.[c-]1ccccc1-c1ccccn1.c1ccc(-c2ccccn2)cc1.c1cnc2c(c1)ccc1cccnc12. The summed E-state index contributed by atoms with van der Waals surface area (Å²) in [6.45, 7) is 20.8. The van der Waals surface area contributed by atoms with Crippen LogP contribution in [0.2, 0.25) is 0 Å². The van der Waals surface area contributed by atoms with Gasteiger partial charge in [-0.15, -0.1) is 129 Å². The standard InChI is InChI=1S/C36H44N4.C13H8NS.C12H8N2.C11H9N.2C11H8N.C8H5F3O2S.C5H8O2.Eu.2Ir.Pt/c1-9-21-22(10-2)30-18-32-25(13-5)26(14-6)34(39-32)20-36-28(16-8)27(15-7)35(40-36)19-33-24(12-4)23(11-3)31(38-33)17-29(21)37-30;1-2-7-12-10(5-1)9-13(15-12)11-6-3-4-8-14-11;1-3-9-5-6-10-4-2-8-14-12(10)11(9)13-7-1;3*1-2-6-10(7-3-1)11-8-4-5-9-12-11;9-8(10,11)7(13)4-5(12)6-2-1-3-14-6;1-4(6)3-5(2)7;;;;/h17-20H,9-16H2,1-8H3;1-8H;1-8H;1-9H;2*1-6,8-9H;1-4,13H;3,6H,1-2H3;;;;/q-2;-1;;;2*-1;;;;;;+2. The second-order valence-electron chi connectivity index (χ2n) is 28.6. The molecule has 18 rings (SSSR count). The largest absolute Gasteiger partial charge is 2.00 e. The molecule has 8 bridgehead atoms. The number of aliphatic hydroxyl groups is 2. The first-order valence-corrected chi connectivity index (χ1v) is 43.7. The number of pyridine rings is 6. The van der Waals surface area contributed by atoms with E-state index in [4.69, 9.17) is 30.1 Å². The van der Waals surface area contributed by atoms with Gasteiger partial charge < -0.3 is 35.1 Å². The van der Waals surface area contributed by atoms with Crippen molar-refractivity contribution in [3.63, 3.8) is 0 Å². The first kappa shape index (κ1) is 107. The minimum Gasteiger partial charge on any atom is -0.657 e. The zero-order valence-electron chi connectivity index (χ0n) is 73.5. The Kier molecular flexibility index (Phi) is 44.6. The molecular weight excluding hydrogens is 2340 g/mol. The van der Waals surface area contributed by atoms with Crippen LogP contribution in [0.15, 0.2) is 315 Å². The molecule has 0 atom stereocenters. The molecule has 2 aliphatic heterocycles. The summed E-state index contributed by atoms with van der Waals surface area (Å²) in [6, 6.07) is 91.3. The summed E-state index contributed by atoms with van der Waals surface area (Å²) >= 11 is 2.74. The van der Waals surface area contributed by atoms with Crippen LogP contribution in [0.4, 0.5) is 13.2 Å². The van der Waals surface area contributed by atoms with E-state index in [9.17, 15) is 22.8 Å². The molecule has 3 radical (unpaired) electrons. The normalized spacial score (nSPS) is 11.3. The predicted molar refractivity (Wildman–Crippen MR) is 511 cm³/mol. The molecule has 0 saturated heterocycles. The van der Waals surface area contributed by atoms with Crippen LogP contribution in [0, 0.1) is 67.6 Å². The summed E-state index contributed by atoms with van der Waals surface area (Å²) in [5, 5.41) is 21.8. The predicted octanol–water partition coefficient (Wildman–Crippen LogP) is 27.6. The average Bonchev–Trinajstić information content (AvgIpc) is 1.63. The van der Waals surface area contributed by atoms with Crippen molar-refractivity contribution < 1.29 is 144 Å². The van der Waals surface area contributed by atoms with E-state index in [0.717, 1.165) is 174 Å². The monoisotopic (exact) mass is 2440 g/mol. The van der Waals surface area contributed by atoms with Crippen molar-refractivity contribution in [3.8, 4) is 44.3 Å². The first-order chi connectivity index (χ1) is 61.3. The van der Waals surface area contributed by atoms with Gasteiger partial charge in [-0.05, 0) is 162 Å². The fourth-order valence-corrected chi connectivity index (χ4v) is 16.0. The molecule has 5 aromatic carbocycles. The smallest absolute Gasteiger partial charge is 0.657 e. The molecule has 130 heavy (non-hydrogen) atoms. The van der Waals surface area contributed by atoms with Crippen molar-refractivity contribution in [2.75, 3.05) is 0 Å². The second-order valence-corrected chi connectivity index (χ2v) is 30.6. The number of halogens is 3. The number of thiophene rings is 2. The van der Waals surface area contributed by atoms with E-state index in [-0.39, 0.29) is 133 Å². The fourth-order valence-electron chi connectivity index (χ4n) is 14.4. The number of carbonyl (C=O) groups excluding carboxylic acids is 2. The number of hydrogen-bond acceptors (Lipinski definition) is 14. The third-order valence-corrected chi connectivity index (χ3v) is 22.2. The Labute approximate surface area is 849 Å². The van der Waals surface area contributed by atoms with Crippen LogP contribution in [0.1, 0.15) is 150 Å². The molecule has 0 aliphatic carbocycles. The molecule has 2 aliphatic rings. The number of allylic oxidation sites excluding steroid dienone is 8. The third kappa shape index (κ3) is 29.5. The maximum absolute atomic E-state index is 11.8. The second kappa shape index (κ2) is 54.4. The Morgan fingerprint density at radius 1 is 0.415 bits per heavy atom. The van der Waals surface area contributed by atoms with Gasteiger partial charge in [0.1, 0.15) is 0 Å². The molecule has 0 fully saturated rings. The minimum atomic E-state index is -4.87. The quantitative estimate of drug-likeness (QED) is 0.0322. The number of ketones is 2. The van der Waals surface area contributed by atoms with Gasteiger partial charge in [-0.2, -0.15) is 13.2 Å². The summed E-state index contributed by atoms with van der Waals surface area (Å²) in [7, 11) is 0. The van der Waals surface area contributed by atoms with Crippen molar-refractivity contribution in [2.45, 2.75) is 127 Å². The van der Waals surface area contributed by atoms with E-state index in [0.29, 0.717) is 0 Å². The molecule has 13 heterocycles. The van der Waals surface area contributed by atoms with Gasteiger partial charge in [0.05, 0.1) is 50.1 Å². The van der Waals surface area contributed by atoms with Crippen LogP contribution in [0.3, 0.4) is 0 Å². The number of nitrogens with zero attached hydrogens (tertiary/aromatic N) is 10. The maximum atomic E-state index is 11.8. The maximum Gasteiger partial charge on any atom is 2.00 e. The Bertz CT molecular complexity index is 5970. The first-order valence-electron chi connectivity index (χ1n) is 42.0. The number of alkyl halides is 3. The van der Waals surface area contributed by atoms with E-state index < -0.39 is 17.7 Å². The fraction of sp³-hybridized carbons (Fsp3) is 0.178. The van der Waals surface area contributed by atoms with Crippen molar-refractivity contribution in [1.82, 2.24) is 49.8 Å². The van der Waals surface area contributed by atoms with E-state index in [1.54, 1.807) is 41.5 Å². The molecule has 671 valence electrons. The molecule has 16 aromatic rings. The minimum absolute atomic E-state index is 0. The molecule has 0 amide bonds. The topological polar surface area (TPSA) is 206 Å². The summed E-state index contributed by atoms with van der Waals surface area (Å²) < 4.78 is 36.6. The molecule has 11 aromatic heterocycles. The number of fused-ring (bicyclic) bond motifs is 12. The molecule has 0 saturated carbocycles. The van der Waals surface area contributed by atoms with Gasteiger partial charge in [0, 0.05) is 161 Å². The van der Waals surface area contributed by atoms with Gasteiger partial charge >= 0.3 is 27.2 Å². The number of aromatic nitrogens is 10. The van der Waals surface area contributed by atoms with Crippen LogP contribution < -0.4 is 9.97 Å². The number of carbonyl (C=O) groups is 2. The van der Waals surface area contributed by atoms with Gasteiger partial charge in [0.2, 0.25) is 5.76 Å². The van der Waals surface area contributed by atoms with Crippen LogP contribution in [0.5, 0.6) is 0 Å². The Balaban J connectivity index is 0.000000217. The zero-order valence-corrected chi connectivity index (χ0v) is 84.6.